The highest BCUT2D eigenvalue weighted by molar-refractivity contribution is 5.80. The summed E-state index contributed by atoms with van der Waals surface area (Å²) in [6.45, 7) is 14.7. The van der Waals surface area contributed by atoms with Crippen LogP contribution < -0.4 is 10.6 Å². The van der Waals surface area contributed by atoms with E-state index in [2.05, 4.69) is 60.6 Å². The van der Waals surface area contributed by atoms with E-state index in [4.69, 9.17) is 9.73 Å². The normalized spacial score (nSPS) is 15.4. The van der Waals surface area contributed by atoms with E-state index in [0.29, 0.717) is 32.3 Å². The van der Waals surface area contributed by atoms with Crippen LogP contribution in [0.25, 0.3) is 0 Å². The van der Waals surface area contributed by atoms with Gasteiger partial charge in [0.15, 0.2) is 5.96 Å². The standard InChI is InChI=1S/C23H39N5O2/c1-5-24-22(26-21-12-14-28(15-13-21)23(29)30-8-4)25-17-19-10-9-11-20(16-19)18-27(6-2)7-3/h9-11,16,21H,5-8,12-15,17-18H2,1-4H3,(H2,24,25,26). The Morgan fingerprint density at radius 2 is 1.87 bits per heavy atom. The summed E-state index contributed by atoms with van der Waals surface area (Å²) >= 11 is 0. The predicted octanol–water partition coefficient (Wildman–Crippen LogP) is 3.20. The van der Waals surface area contributed by atoms with Gasteiger partial charge >= 0.3 is 6.09 Å². The summed E-state index contributed by atoms with van der Waals surface area (Å²) < 4.78 is 5.10. The second-order valence-corrected chi connectivity index (χ2v) is 7.58. The van der Waals surface area contributed by atoms with E-state index in [0.717, 1.165) is 45.0 Å². The first kappa shape index (κ1) is 24.0. The first-order valence-electron chi connectivity index (χ1n) is 11.4. The molecular weight excluding hydrogens is 378 g/mol. The molecule has 0 aliphatic carbocycles. The highest BCUT2D eigenvalue weighted by atomic mass is 16.6. The third-order valence-corrected chi connectivity index (χ3v) is 5.42. The largest absolute Gasteiger partial charge is 0.450 e. The highest BCUT2D eigenvalue weighted by Crippen LogP contribution is 2.12. The van der Waals surface area contributed by atoms with Gasteiger partial charge in [-0.15, -0.1) is 0 Å². The SMILES string of the molecule is CCNC(=NCc1cccc(CN(CC)CC)c1)NC1CCN(C(=O)OCC)CC1. The van der Waals surface area contributed by atoms with Crippen LogP contribution in [0.4, 0.5) is 4.79 Å². The molecule has 7 heteroatoms. The summed E-state index contributed by atoms with van der Waals surface area (Å²) in [6, 6.07) is 9.00. The molecule has 1 heterocycles. The lowest BCUT2D eigenvalue weighted by molar-refractivity contribution is 0.0963. The smallest absolute Gasteiger partial charge is 0.409 e. The zero-order valence-corrected chi connectivity index (χ0v) is 19.1. The van der Waals surface area contributed by atoms with Crippen molar-refractivity contribution in [2.75, 3.05) is 39.3 Å². The fourth-order valence-electron chi connectivity index (χ4n) is 3.64. The molecule has 168 valence electrons. The molecule has 1 amide bonds. The molecule has 0 bridgehead atoms. The van der Waals surface area contributed by atoms with Crippen LogP contribution in [0.3, 0.4) is 0 Å². The number of benzene rings is 1. The molecule has 0 spiro atoms. The Morgan fingerprint density at radius 3 is 2.50 bits per heavy atom. The van der Waals surface area contributed by atoms with E-state index in [1.165, 1.54) is 11.1 Å². The number of nitrogens with one attached hydrogen (secondary N) is 2. The number of hydrogen-bond acceptors (Lipinski definition) is 4. The average molecular weight is 418 g/mol. The molecule has 1 saturated heterocycles. The lowest BCUT2D eigenvalue weighted by Gasteiger charge is -2.32. The number of carbonyl (C=O) groups is 1. The summed E-state index contributed by atoms with van der Waals surface area (Å²) in [5.41, 5.74) is 2.55. The van der Waals surface area contributed by atoms with Gasteiger partial charge in [-0.2, -0.15) is 0 Å². The fourth-order valence-corrected chi connectivity index (χ4v) is 3.64. The van der Waals surface area contributed by atoms with Crippen LogP contribution >= 0.6 is 0 Å². The molecule has 1 aliphatic rings. The first-order chi connectivity index (χ1) is 14.6. The van der Waals surface area contributed by atoms with Crippen LogP contribution in [0, 0.1) is 0 Å². The number of piperidine rings is 1. The van der Waals surface area contributed by atoms with Crippen molar-refractivity contribution >= 4 is 12.1 Å². The van der Waals surface area contributed by atoms with Crippen molar-refractivity contribution in [3.8, 4) is 0 Å². The maximum Gasteiger partial charge on any atom is 0.409 e. The van der Waals surface area contributed by atoms with Gasteiger partial charge < -0.3 is 20.3 Å². The van der Waals surface area contributed by atoms with Crippen LogP contribution in [0.2, 0.25) is 0 Å². The summed E-state index contributed by atoms with van der Waals surface area (Å²) in [4.78, 5) is 20.9. The molecule has 7 nitrogen and oxygen atoms in total. The molecule has 0 aromatic heterocycles. The van der Waals surface area contributed by atoms with Crippen LogP contribution in [-0.2, 0) is 17.8 Å². The molecule has 30 heavy (non-hydrogen) atoms. The maximum atomic E-state index is 11.9. The van der Waals surface area contributed by atoms with E-state index in [9.17, 15) is 4.79 Å². The van der Waals surface area contributed by atoms with Crippen molar-refractivity contribution in [2.24, 2.45) is 4.99 Å². The van der Waals surface area contributed by atoms with Crippen molar-refractivity contribution < 1.29 is 9.53 Å². The van der Waals surface area contributed by atoms with Crippen molar-refractivity contribution in [1.29, 1.82) is 0 Å². The Bertz CT molecular complexity index is 667. The number of rotatable bonds is 9. The number of nitrogens with zero attached hydrogens (tertiary/aromatic N) is 3. The van der Waals surface area contributed by atoms with Gasteiger partial charge in [0.05, 0.1) is 13.2 Å². The average Bonchev–Trinajstić information content (AvgIpc) is 2.77. The van der Waals surface area contributed by atoms with E-state index >= 15 is 0 Å². The summed E-state index contributed by atoms with van der Waals surface area (Å²) in [7, 11) is 0. The number of aliphatic imine (C=N–C) groups is 1. The fraction of sp³-hybridized carbons (Fsp3) is 0.652. The van der Waals surface area contributed by atoms with Crippen LogP contribution in [-0.4, -0.2) is 67.2 Å². The Kier molecular flexibility index (Phi) is 10.5. The minimum absolute atomic E-state index is 0.207. The summed E-state index contributed by atoms with van der Waals surface area (Å²) in [5.74, 6) is 0.834. The number of carbonyl (C=O) groups excluding carboxylic acids is 1. The quantitative estimate of drug-likeness (QED) is 0.477. The van der Waals surface area contributed by atoms with Gasteiger partial charge in [0, 0.05) is 32.2 Å². The van der Waals surface area contributed by atoms with Gasteiger partial charge in [-0.05, 0) is 50.9 Å². The van der Waals surface area contributed by atoms with Crippen LogP contribution in [0.5, 0.6) is 0 Å². The molecule has 0 radical (unpaired) electrons. The highest BCUT2D eigenvalue weighted by Gasteiger charge is 2.24. The van der Waals surface area contributed by atoms with Gasteiger partial charge in [0.2, 0.25) is 0 Å². The molecular formula is C23H39N5O2. The molecule has 2 rings (SSSR count). The van der Waals surface area contributed by atoms with Crippen molar-refractivity contribution in [1.82, 2.24) is 20.4 Å². The lowest BCUT2D eigenvalue weighted by atomic mass is 10.1. The number of guanidine groups is 1. The molecule has 2 N–H and O–H groups in total. The third-order valence-electron chi connectivity index (χ3n) is 5.42. The van der Waals surface area contributed by atoms with Crippen molar-refractivity contribution in [3.63, 3.8) is 0 Å². The number of likely N-dealkylation sites (tertiary alicyclic amines) is 1. The topological polar surface area (TPSA) is 69.2 Å². The Hall–Kier alpha value is -2.28. The molecule has 0 unspecified atom stereocenters. The Labute approximate surface area is 181 Å². The van der Waals surface area contributed by atoms with Crippen LogP contribution in [0.1, 0.15) is 51.7 Å². The zero-order valence-electron chi connectivity index (χ0n) is 19.1. The Balaban J connectivity index is 1.91. The van der Waals surface area contributed by atoms with Crippen molar-refractivity contribution in [2.45, 2.75) is 59.7 Å². The van der Waals surface area contributed by atoms with Gasteiger partial charge in [-0.3, -0.25) is 4.90 Å². The molecule has 0 atom stereocenters. The van der Waals surface area contributed by atoms with Gasteiger partial charge in [0.1, 0.15) is 0 Å². The minimum atomic E-state index is -0.207. The van der Waals surface area contributed by atoms with Crippen molar-refractivity contribution in [3.05, 3.63) is 35.4 Å². The second kappa shape index (κ2) is 13.1. The number of hydrogen-bond donors (Lipinski definition) is 2. The van der Waals surface area contributed by atoms with Crippen LogP contribution in [0.15, 0.2) is 29.3 Å². The first-order valence-corrected chi connectivity index (χ1v) is 11.4. The molecule has 1 aromatic rings. The third kappa shape index (κ3) is 7.86. The molecule has 1 aromatic carbocycles. The molecule has 0 saturated carbocycles. The summed E-state index contributed by atoms with van der Waals surface area (Å²) in [5, 5.41) is 6.88. The lowest BCUT2D eigenvalue weighted by Crippen LogP contribution is -2.49. The van der Waals surface area contributed by atoms with E-state index < -0.39 is 0 Å². The minimum Gasteiger partial charge on any atom is -0.450 e. The molecule has 1 fully saturated rings. The predicted molar refractivity (Wildman–Crippen MR) is 123 cm³/mol. The second-order valence-electron chi connectivity index (χ2n) is 7.58. The molecule has 1 aliphatic heterocycles. The van der Waals surface area contributed by atoms with Gasteiger partial charge in [0.25, 0.3) is 0 Å². The monoisotopic (exact) mass is 417 g/mol. The number of amides is 1. The number of ether oxygens (including phenoxy) is 1. The van der Waals surface area contributed by atoms with Gasteiger partial charge in [-0.1, -0.05) is 38.1 Å². The maximum absolute atomic E-state index is 11.9. The van der Waals surface area contributed by atoms with E-state index in [-0.39, 0.29) is 6.09 Å². The van der Waals surface area contributed by atoms with E-state index in [1.807, 2.05) is 6.92 Å². The Morgan fingerprint density at radius 1 is 1.17 bits per heavy atom. The summed E-state index contributed by atoms with van der Waals surface area (Å²) in [6.07, 6.45) is 1.58. The zero-order chi connectivity index (χ0) is 21.8. The van der Waals surface area contributed by atoms with Gasteiger partial charge in [-0.25, -0.2) is 9.79 Å². The van der Waals surface area contributed by atoms with E-state index in [1.54, 1.807) is 4.90 Å².